The molecular formula is C12H6Cl2N6S2. The Morgan fingerprint density at radius 2 is 1.91 bits per heavy atom. The van der Waals surface area contributed by atoms with Crippen LogP contribution in [-0.2, 0) is 6.42 Å². The molecule has 4 aromatic rings. The monoisotopic (exact) mass is 368 g/mol. The van der Waals surface area contributed by atoms with E-state index in [2.05, 4.69) is 24.9 Å². The number of hydrogen-bond acceptors (Lipinski definition) is 7. The van der Waals surface area contributed by atoms with E-state index in [0.29, 0.717) is 27.3 Å². The largest absolute Gasteiger partial charge is 0.235 e. The molecule has 0 bridgehead atoms. The van der Waals surface area contributed by atoms with Crippen LogP contribution in [0.5, 0.6) is 0 Å². The van der Waals surface area contributed by atoms with Gasteiger partial charge in [-0.3, -0.25) is 0 Å². The Bertz CT molecular complexity index is 926. The summed E-state index contributed by atoms with van der Waals surface area (Å²) < 4.78 is 5.54. The van der Waals surface area contributed by atoms with Crippen molar-refractivity contribution in [3.05, 3.63) is 45.0 Å². The Hall–Kier alpha value is -1.61. The smallest absolute Gasteiger partial charge is 0.186 e. The summed E-state index contributed by atoms with van der Waals surface area (Å²) in [6.45, 7) is 0. The Kier molecular flexibility index (Phi) is 3.53. The SMILES string of the molecule is Clc1cccc(Cl)c1Cc1nnc2sc(-c3csnn3)nn12. The van der Waals surface area contributed by atoms with Crippen LogP contribution in [0, 0.1) is 0 Å². The molecule has 0 N–H and O–H groups in total. The maximum atomic E-state index is 6.21. The average Bonchev–Trinajstić information content (AvgIpc) is 3.20. The Morgan fingerprint density at radius 3 is 2.64 bits per heavy atom. The summed E-state index contributed by atoms with van der Waals surface area (Å²) in [5.74, 6) is 0.677. The first-order valence-electron chi connectivity index (χ1n) is 6.14. The number of halogens is 2. The van der Waals surface area contributed by atoms with Crippen molar-refractivity contribution < 1.29 is 0 Å². The number of rotatable bonds is 3. The minimum atomic E-state index is 0.457. The lowest BCUT2D eigenvalue weighted by atomic mass is 10.1. The molecule has 0 saturated carbocycles. The molecule has 1 aromatic carbocycles. The van der Waals surface area contributed by atoms with Crippen LogP contribution in [0.1, 0.15) is 11.4 Å². The van der Waals surface area contributed by atoms with Gasteiger partial charge in [0.2, 0.25) is 4.96 Å². The van der Waals surface area contributed by atoms with E-state index in [4.69, 9.17) is 23.2 Å². The van der Waals surface area contributed by atoms with Gasteiger partial charge in [-0.25, -0.2) is 0 Å². The van der Waals surface area contributed by atoms with Crippen molar-refractivity contribution in [3.63, 3.8) is 0 Å². The van der Waals surface area contributed by atoms with Gasteiger partial charge >= 0.3 is 0 Å². The van der Waals surface area contributed by atoms with Gasteiger partial charge in [-0.05, 0) is 29.2 Å². The Balaban J connectivity index is 1.76. The van der Waals surface area contributed by atoms with Crippen LogP contribution in [0.25, 0.3) is 15.7 Å². The van der Waals surface area contributed by atoms with Crippen LogP contribution >= 0.6 is 46.1 Å². The van der Waals surface area contributed by atoms with Gasteiger partial charge in [0.1, 0.15) is 5.69 Å². The van der Waals surface area contributed by atoms with Crippen molar-refractivity contribution in [2.24, 2.45) is 0 Å². The van der Waals surface area contributed by atoms with Gasteiger partial charge in [-0.2, -0.15) is 9.61 Å². The number of aromatic nitrogens is 6. The summed E-state index contributed by atoms with van der Waals surface area (Å²) >= 11 is 15.1. The topological polar surface area (TPSA) is 68.9 Å². The molecule has 0 amide bonds. The highest BCUT2D eigenvalue weighted by Crippen LogP contribution is 2.28. The highest BCUT2D eigenvalue weighted by molar-refractivity contribution is 7.20. The first kappa shape index (κ1) is 14.0. The molecule has 6 nitrogen and oxygen atoms in total. The van der Waals surface area contributed by atoms with Crippen LogP contribution in [0.15, 0.2) is 23.6 Å². The predicted octanol–water partition coefficient (Wildman–Crippen LogP) is 3.60. The zero-order chi connectivity index (χ0) is 15.1. The van der Waals surface area contributed by atoms with Crippen LogP contribution < -0.4 is 0 Å². The second kappa shape index (κ2) is 5.54. The molecule has 4 rings (SSSR count). The molecule has 3 heterocycles. The fraction of sp³-hybridized carbons (Fsp3) is 0.0833. The van der Waals surface area contributed by atoms with E-state index >= 15 is 0 Å². The van der Waals surface area contributed by atoms with Gasteiger partial charge in [0.15, 0.2) is 10.8 Å². The van der Waals surface area contributed by atoms with Gasteiger partial charge in [-0.15, -0.1) is 15.3 Å². The van der Waals surface area contributed by atoms with E-state index in [1.54, 1.807) is 16.6 Å². The van der Waals surface area contributed by atoms with E-state index < -0.39 is 0 Å². The average molecular weight is 369 g/mol. The highest BCUT2D eigenvalue weighted by atomic mass is 35.5. The second-order valence-electron chi connectivity index (χ2n) is 4.38. The molecule has 0 spiro atoms. The van der Waals surface area contributed by atoms with Crippen molar-refractivity contribution in [3.8, 4) is 10.7 Å². The number of fused-ring (bicyclic) bond motifs is 1. The fourth-order valence-corrected chi connectivity index (χ4v) is 3.85. The van der Waals surface area contributed by atoms with Gasteiger partial charge in [0.25, 0.3) is 0 Å². The van der Waals surface area contributed by atoms with Crippen LogP contribution in [0.2, 0.25) is 10.0 Å². The van der Waals surface area contributed by atoms with E-state index in [1.807, 2.05) is 11.4 Å². The third-order valence-electron chi connectivity index (χ3n) is 3.03. The van der Waals surface area contributed by atoms with E-state index in [9.17, 15) is 0 Å². The van der Waals surface area contributed by atoms with Crippen LogP contribution in [0.3, 0.4) is 0 Å². The van der Waals surface area contributed by atoms with Crippen molar-refractivity contribution in [1.29, 1.82) is 0 Å². The molecule has 110 valence electrons. The molecule has 0 saturated heterocycles. The van der Waals surface area contributed by atoms with Crippen molar-refractivity contribution in [2.45, 2.75) is 6.42 Å². The maximum Gasteiger partial charge on any atom is 0.235 e. The molecule has 0 aliphatic rings. The third kappa shape index (κ3) is 2.38. The lowest BCUT2D eigenvalue weighted by Crippen LogP contribution is -1.99. The standard InChI is InChI=1S/C12H6Cl2N6S2/c13-7-2-1-3-8(14)6(7)4-10-16-17-12-20(10)18-11(22-12)9-5-21-19-15-9/h1-3,5H,4H2. The molecule has 0 aliphatic carbocycles. The molecule has 22 heavy (non-hydrogen) atoms. The second-order valence-corrected chi connectivity index (χ2v) is 6.77. The van der Waals surface area contributed by atoms with Crippen molar-refractivity contribution in [1.82, 2.24) is 29.4 Å². The summed E-state index contributed by atoms with van der Waals surface area (Å²) in [4.78, 5) is 0.696. The van der Waals surface area contributed by atoms with Gasteiger partial charge in [0, 0.05) is 21.8 Å². The first-order chi connectivity index (χ1) is 10.7. The molecule has 0 fully saturated rings. The Morgan fingerprint density at radius 1 is 1.09 bits per heavy atom. The maximum absolute atomic E-state index is 6.21. The minimum Gasteiger partial charge on any atom is -0.186 e. The molecule has 3 aromatic heterocycles. The van der Waals surface area contributed by atoms with Crippen LogP contribution in [-0.4, -0.2) is 29.4 Å². The van der Waals surface area contributed by atoms with E-state index in [-0.39, 0.29) is 0 Å². The van der Waals surface area contributed by atoms with E-state index in [0.717, 1.165) is 16.3 Å². The third-order valence-corrected chi connectivity index (χ3v) is 5.17. The lowest BCUT2D eigenvalue weighted by Gasteiger charge is -2.04. The summed E-state index contributed by atoms with van der Waals surface area (Å²) in [6, 6.07) is 5.41. The van der Waals surface area contributed by atoms with Crippen molar-refractivity contribution in [2.75, 3.05) is 0 Å². The number of nitrogens with zero attached hydrogens (tertiary/aromatic N) is 6. The molecular weight excluding hydrogens is 363 g/mol. The number of benzene rings is 1. The molecule has 0 unspecified atom stereocenters. The zero-order valence-electron chi connectivity index (χ0n) is 10.8. The number of hydrogen-bond donors (Lipinski definition) is 0. The minimum absolute atomic E-state index is 0.457. The summed E-state index contributed by atoms with van der Waals surface area (Å²) in [5.41, 5.74) is 1.55. The summed E-state index contributed by atoms with van der Waals surface area (Å²) in [6.07, 6.45) is 0.457. The highest BCUT2D eigenvalue weighted by Gasteiger charge is 2.16. The summed E-state index contributed by atoms with van der Waals surface area (Å²) in [7, 11) is 0. The van der Waals surface area contributed by atoms with Gasteiger partial charge in [-0.1, -0.05) is 45.1 Å². The van der Waals surface area contributed by atoms with E-state index in [1.165, 1.54) is 22.9 Å². The first-order valence-corrected chi connectivity index (χ1v) is 8.54. The predicted molar refractivity (Wildman–Crippen MR) is 86.8 cm³/mol. The van der Waals surface area contributed by atoms with Gasteiger partial charge < -0.3 is 0 Å². The van der Waals surface area contributed by atoms with Crippen LogP contribution in [0.4, 0.5) is 0 Å². The van der Waals surface area contributed by atoms with Gasteiger partial charge in [0.05, 0.1) is 0 Å². The quantitative estimate of drug-likeness (QED) is 0.552. The lowest BCUT2D eigenvalue weighted by molar-refractivity contribution is 0.853. The molecule has 0 radical (unpaired) electrons. The zero-order valence-corrected chi connectivity index (χ0v) is 13.9. The normalized spacial score (nSPS) is 11.4. The van der Waals surface area contributed by atoms with Crippen molar-refractivity contribution >= 4 is 51.0 Å². The Labute approximate surface area is 142 Å². The fourth-order valence-electron chi connectivity index (χ4n) is 1.99. The molecule has 0 atom stereocenters. The molecule has 0 aliphatic heterocycles. The summed E-state index contributed by atoms with van der Waals surface area (Å²) in [5, 5.41) is 20.6. The molecule has 10 heteroatoms.